The lowest BCUT2D eigenvalue weighted by Gasteiger charge is -2.25. The maximum absolute atomic E-state index is 11.9. The lowest BCUT2D eigenvalue weighted by atomic mass is 9.84. The maximum Gasteiger partial charge on any atom is 0.313 e. The Bertz CT molecular complexity index is 256. The van der Waals surface area contributed by atoms with Crippen molar-refractivity contribution in [3.8, 4) is 0 Å². The Labute approximate surface area is 132 Å². The molecule has 0 fully saturated rings. The summed E-state index contributed by atoms with van der Waals surface area (Å²) in [6, 6.07) is 0. The zero-order valence-electron chi connectivity index (χ0n) is 14.6. The summed E-state index contributed by atoms with van der Waals surface area (Å²) in [5.41, 5.74) is 5.27. The fraction of sp³-hybridized carbons (Fsp3) is 0.944. The zero-order chi connectivity index (χ0) is 16.0. The van der Waals surface area contributed by atoms with Crippen molar-refractivity contribution in [2.24, 2.45) is 11.1 Å². The van der Waals surface area contributed by atoms with Gasteiger partial charge in [0.25, 0.3) is 0 Å². The number of esters is 1. The zero-order valence-corrected chi connectivity index (χ0v) is 14.6. The summed E-state index contributed by atoms with van der Waals surface area (Å²) in [5, 5.41) is 0. The first-order valence-corrected chi connectivity index (χ1v) is 8.98. The summed E-state index contributed by atoms with van der Waals surface area (Å²) >= 11 is 0. The van der Waals surface area contributed by atoms with Gasteiger partial charge in [0.2, 0.25) is 0 Å². The largest absolute Gasteiger partial charge is 0.466 e. The van der Waals surface area contributed by atoms with Gasteiger partial charge in [0.15, 0.2) is 0 Å². The van der Waals surface area contributed by atoms with Crippen LogP contribution in [0.5, 0.6) is 0 Å². The average molecular weight is 299 g/mol. The number of carbonyl (C=O) groups is 1. The lowest BCUT2D eigenvalue weighted by molar-refractivity contribution is -0.154. The van der Waals surface area contributed by atoms with Crippen molar-refractivity contribution < 1.29 is 9.53 Å². The second kappa shape index (κ2) is 13.1. The van der Waals surface area contributed by atoms with Gasteiger partial charge in [0, 0.05) is 6.54 Å². The van der Waals surface area contributed by atoms with E-state index in [1.54, 1.807) is 0 Å². The molecule has 0 amide bonds. The molecule has 3 heteroatoms. The van der Waals surface area contributed by atoms with E-state index in [-0.39, 0.29) is 5.97 Å². The molecular formula is C18H37NO2. The minimum atomic E-state index is -0.490. The quantitative estimate of drug-likeness (QED) is 0.369. The summed E-state index contributed by atoms with van der Waals surface area (Å²) in [7, 11) is 0. The van der Waals surface area contributed by atoms with Crippen molar-refractivity contribution in [3.05, 3.63) is 0 Å². The molecule has 0 rings (SSSR count). The number of rotatable bonds is 14. The summed E-state index contributed by atoms with van der Waals surface area (Å²) in [6.45, 7) is 6.84. The van der Waals surface area contributed by atoms with Crippen LogP contribution in [0, 0.1) is 5.41 Å². The molecule has 1 unspecified atom stereocenters. The first kappa shape index (κ1) is 20.4. The van der Waals surface area contributed by atoms with E-state index >= 15 is 0 Å². The van der Waals surface area contributed by atoms with E-state index in [1.165, 1.54) is 57.8 Å². The fourth-order valence-electron chi connectivity index (χ4n) is 2.60. The minimum absolute atomic E-state index is 0.136. The van der Waals surface area contributed by atoms with Gasteiger partial charge in [-0.05, 0) is 20.3 Å². The SMILES string of the molecule is CCCCCCCCCCCCC(C)(CN)C(=O)OCC. The number of hydrogen-bond donors (Lipinski definition) is 1. The second-order valence-corrected chi connectivity index (χ2v) is 6.42. The summed E-state index contributed by atoms with van der Waals surface area (Å²) in [5.74, 6) is -0.136. The van der Waals surface area contributed by atoms with Gasteiger partial charge < -0.3 is 10.5 Å². The van der Waals surface area contributed by atoms with Gasteiger partial charge in [0.05, 0.1) is 12.0 Å². The Morgan fingerprint density at radius 2 is 1.38 bits per heavy atom. The standard InChI is InChI=1S/C18H37NO2/c1-4-6-7-8-9-10-11-12-13-14-15-18(3,16-19)17(20)21-5-2/h4-16,19H2,1-3H3. The molecule has 3 nitrogen and oxygen atoms in total. The van der Waals surface area contributed by atoms with Crippen LogP contribution in [0.15, 0.2) is 0 Å². The highest BCUT2D eigenvalue weighted by Crippen LogP contribution is 2.25. The van der Waals surface area contributed by atoms with Crippen LogP contribution in [0.1, 0.15) is 91.4 Å². The first-order chi connectivity index (χ1) is 10.1. The second-order valence-electron chi connectivity index (χ2n) is 6.42. The Kier molecular flexibility index (Phi) is 12.8. The Morgan fingerprint density at radius 3 is 1.81 bits per heavy atom. The number of carbonyl (C=O) groups excluding carboxylic acids is 1. The van der Waals surface area contributed by atoms with Crippen molar-refractivity contribution >= 4 is 5.97 Å². The predicted octanol–water partition coefficient (Wildman–Crippen LogP) is 4.83. The molecule has 0 bridgehead atoms. The van der Waals surface area contributed by atoms with Gasteiger partial charge in [-0.2, -0.15) is 0 Å². The van der Waals surface area contributed by atoms with E-state index in [0.717, 1.165) is 12.8 Å². The van der Waals surface area contributed by atoms with Crippen LogP contribution in [-0.4, -0.2) is 19.1 Å². The molecule has 0 aliphatic rings. The van der Waals surface area contributed by atoms with Crippen LogP contribution < -0.4 is 5.73 Å². The lowest BCUT2D eigenvalue weighted by Crippen LogP contribution is -2.37. The van der Waals surface area contributed by atoms with Crippen molar-refractivity contribution in [1.29, 1.82) is 0 Å². The fourth-order valence-corrected chi connectivity index (χ4v) is 2.60. The molecule has 1 atom stereocenters. The molecule has 0 aromatic rings. The molecule has 0 spiro atoms. The third kappa shape index (κ3) is 9.89. The van der Waals surface area contributed by atoms with Gasteiger partial charge in [-0.3, -0.25) is 4.79 Å². The van der Waals surface area contributed by atoms with E-state index in [2.05, 4.69) is 6.92 Å². The van der Waals surface area contributed by atoms with Crippen LogP contribution in [0.4, 0.5) is 0 Å². The van der Waals surface area contributed by atoms with Gasteiger partial charge in [-0.1, -0.05) is 71.1 Å². The number of nitrogens with two attached hydrogens (primary N) is 1. The highest BCUT2D eigenvalue weighted by Gasteiger charge is 2.32. The third-order valence-corrected chi connectivity index (χ3v) is 4.30. The summed E-state index contributed by atoms with van der Waals surface area (Å²) < 4.78 is 5.12. The molecule has 0 aromatic carbocycles. The predicted molar refractivity (Wildman–Crippen MR) is 90.3 cm³/mol. The Morgan fingerprint density at radius 1 is 0.905 bits per heavy atom. The van der Waals surface area contributed by atoms with E-state index in [0.29, 0.717) is 13.2 Å². The van der Waals surface area contributed by atoms with Crippen LogP contribution in [0.3, 0.4) is 0 Å². The van der Waals surface area contributed by atoms with E-state index < -0.39 is 5.41 Å². The molecule has 0 saturated carbocycles. The number of ether oxygens (including phenoxy) is 1. The minimum Gasteiger partial charge on any atom is -0.466 e. The van der Waals surface area contributed by atoms with Crippen molar-refractivity contribution in [1.82, 2.24) is 0 Å². The van der Waals surface area contributed by atoms with Crippen LogP contribution >= 0.6 is 0 Å². The molecule has 2 N–H and O–H groups in total. The number of unbranched alkanes of at least 4 members (excludes halogenated alkanes) is 9. The van der Waals surface area contributed by atoms with E-state index in [1.807, 2.05) is 13.8 Å². The van der Waals surface area contributed by atoms with Crippen molar-refractivity contribution in [2.75, 3.05) is 13.2 Å². The van der Waals surface area contributed by atoms with E-state index in [4.69, 9.17) is 10.5 Å². The van der Waals surface area contributed by atoms with E-state index in [9.17, 15) is 4.79 Å². The molecule has 0 aliphatic heterocycles. The first-order valence-electron chi connectivity index (χ1n) is 8.98. The molecule has 0 heterocycles. The molecule has 126 valence electrons. The highest BCUT2D eigenvalue weighted by molar-refractivity contribution is 5.76. The summed E-state index contributed by atoms with van der Waals surface area (Å²) in [6.07, 6.45) is 13.9. The molecular weight excluding hydrogens is 262 g/mol. The maximum atomic E-state index is 11.9. The molecule has 0 aliphatic carbocycles. The third-order valence-electron chi connectivity index (χ3n) is 4.30. The smallest absolute Gasteiger partial charge is 0.313 e. The molecule has 21 heavy (non-hydrogen) atoms. The monoisotopic (exact) mass is 299 g/mol. The van der Waals surface area contributed by atoms with Crippen LogP contribution in [0.2, 0.25) is 0 Å². The number of hydrogen-bond acceptors (Lipinski definition) is 3. The molecule has 0 saturated heterocycles. The molecule has 0 radical (unpaired) electrons. The topological polar surface area (TPSA) is 52.3 Å². The summed E-state index contributed by atoms with van der Waals surface area (Å²) in [4.78, 5) is 11.9. The molecule has 0 aromatic heterocycles. The van der Waals surface area contributed by atoms with Crippen LogP contribution in [-0.2, 0) is 9.53 Å². The van der Waals surface area contributed by atoms with Gasteiger partial charge in [0.1, 0.15) is 0 Å². The highest BCUT2D eigenvalue weighted by atomic mass is 16.5. The Balaban J connectivity index is 3.57. The van der Waals surface area contributed by atoms with Crippen LogP contribution in [0.25, 0.3) is 0 Å². The van der Waals surface area contributed by atoms with Gasteiger partial charge >= 0.3 is 5.97 Å². The van der Waals surface area contributed by atoms with Crippen molar-refractivity contribution in [3.63, 3.8) is 0 Å². The average Bonchev–Trinajstić information content (AvgIpc) is 2.49. The van der Waals surface area contributed by atoms with Gasteiger partial charge in [-0.25, -0.2) is 0 Å². The normalized spacial score (nSPS) is 13.9. The van der Waals surface area contributed by atoms with Gasteiger partial charge in [-0.15, -0.1) is 0 Å². The van der Waals surface area contributed by atoms with Crippen molar-refractivity contribution in [2.45, 2.75) is 91.4 Å². The Hall–Kier alpha value is -0.570.